The molecule has 36 heavy (non-hydrogen) atoms. The molecule has 3 aromatic rings. The van der Waals surface area contributed by atoms with E-state index in [0.29, 0.717) is 53.0 Å². The lowest BCUT2D eigenvalue weighted by atomic mass is 10.1. The van der Waals surface area contributed by atoms with Gasteiger partial charge in [-0.2, -0.15) is 10.2 Å². The number of hydrogen-bond acceptors (Lipinski definition) is 7. The molecule has 1 N–H and O–H groups in total. The summed E-state index contributed by atoms with van der Waals surface area (Å²) in [4.78, 5) is 34.5. The molecule has 190 valence electrons. The fourth-order valence-electron chi connectivity index (χ4n) is 4.33. The summed E-state index contributed by atoms with van der Waals surface area (Å²) in [7, 11) is 5.46. The molecule has 4 rings (SSSR count). The van der Waals surface area contributed by atoms with E-state index in [9.17, 15) is 9.59 Å². The number of benzene rings is 1. The molecular formula is C25H30ClN7O3. The standard InChI is InChI=1S/C25H30ClN7O3/c1-31(2)13-6-8-21(34)32-14-5-4-7-18(16-32)33-23-19(9-10-20(36-3)22(23)26)29-25(33)30-24(35)17-11-12-27-28-15-17/h6,8-12,15,18H,4-5,7,13-14,16H2,1-3H3,(H,29,30,35)/b8-6+/t18-/m1/s1. The normalized spacial score (nSPS) is 16.5. The van der Waals surface area contributed by atoms with Gasteiger partial charge in [0, 0.05) is 25.7 Å². The van der Waals surface area contributed by atoms with Gasteiger partial charge in [-0.25, -0.2) is 4.98 Å². The molecule has 11 heteroatoms. The smallest absolute Gasteiger partial charge is 0.259 e. The number of rotatable bonds is 7. The van der Waals surface area contributed by atoms with Crippen LogP contribution in [0.15, 0.2) is 42.7 Å². The van der Waals surface area contributed by atoms with Crippen LogP contribution >= 0.6 is 11.6 Å². The average molecular weight is 512 g/mol. The Balaban J connectivity index is 1.73. The predicted octanol–water partition coefficient (Wildman–Crippen LogP) is 3.41. The van der Waals surface area contributed by atoms with Crippen molar-refractivity contribution in [3.63, 3.8) is 0 Å². The maximum absolute atomic E-state index is 13.0. The summed E-state index contributed by atoms with van der Waals surface area (Å²) in [5.41, 5.74) is 1.63. The van der Waals surface area contributed by atoms with Crippen LogP contribution in [-0.4, -0.2) is 82.2 Å². The van der Waals surface area contributed by atoms with Gasteiger partial charge in [-0.05, 0) is 51.6 Å². The molecule has 1 aliphatic rings. The lowest BCUT2D eigenvalue weighted by molar-refractivity contribution is -0.126. The van der Waals surface area contributed by atoms with E-state index >= 15 is 0 Å². The van der Waals surface area contributed by atoms with Gasteiger partial charge in [0.15, 0.2) is 0 Å². The maximum atomic E-state index is 13.0. The molecule has 1 fully saturated rings. The number of likely N-dealkylation sites (N-methyl/N-ethyl adjacent to an activating group) is 1. The van der Waals surface area contributed by atoms with Gasteiger partial charge in [-0.1, -0.05) is 17.7 Å². The van der Waals surface area contributed by atoms with E-state index < -0.39 is 0 Å². The third-order valence-electron chi connectivity index (χ3n) is 6.10. The molecule has 1 saturated heterocycles. The number of ether oxygens (including phenoxy) is 1. The zero-order chi connectivity index (χ0) is 25.7. The van der Waals surface area contributed by atoms with Gasteiger partial charge in [0.05, 0.1) is 42.1 Å². The van der Waals surface area contributed by atoms with Crippen LogP contribution in [0.4, 0.5) is 5.95 Å². The second kappa shape index (κ2) is 11.5. The van der Waals surface area contributed by atoms with Gasteiger partial charge in [0.25, 0.3) is 5.91 Å². The van der Waals surface area contributed by atoms with E-state index in [4.69, 9.17) is 21.3 Å². The van der Waals surface area contributed by atoms with Gasteiger partial charge in [0.1, 0.15) is 10.8 Å². The van der Waals surface area contributed by atoms with Crippen molar-refractivity contribution in [1.29, 1.82) is 0 Å². The number of anilines is 1. The van der Waals surface area contributed by atoms with E-state index in [-0.39, 0.29) is 17.9 Å². The number of nitrogens with zero attached hydrogens (tertiary/aromatic N) is 6. The van der Waals surface area contributed by atoms with Crippen molar-refractivity contribution in [3.05, 3.63) is 53.3 Å². The minimum atomic E-state index is -0.363. The Morgan fingerprint density at radius 1 is 1.25 bits per heavy atom. The molecule has 1 atom stereocenters. The number of carbonyl (C=O) groups is 2. The molecule has 2 amide bonds. The summed E-state index contributed by atoms with van der Waals surface area (Å²) in [6.07, 6.45) is 8.94. The van der Waals surface area contributed by atoms with Gasteiger partial charge in [-0.3, -0.25) is 14.9 Å². The van der Waals surface area contributed by atoms with E-state index in [2.05, 4.69) is 15.5 Å². The number of carbonyl (C=O) groups excluding carboxylic acids is 2. The molecule has 10 nitrogen and oxygen atoms in total. The second-order valence-corrected chi connectivity index (χ2v) is 9.32. The third-order valence-corrected chi connectivity index (χ3v) is 6.47. The summed E-state index contributed by atoms with van der Waals surface area (Å²) < 4.78 is 7.38. The van der Waals surface area contributed by atoms with Crippen molar-refractivity contribution in [2.75, 3.05) is 46.2 Å². The number of amides is 2. The minimum Gasteiger partial charge on any atom is -0.495 e. The van der Waals surface area contributed by atoms with Crippen LogP contribution in [0.2, 0.25) is 5.02 Å². The summed E-state index contributed by atoms with van der Waals surface area (Å²) in [6.45, 7) is 1.81. The van der Waals surface area contributed by atoms with E-state index in [1.165, 1.54) is 12.4 Å². The first-order valence-corrected chi connectivity index (χ1v) is 12.2. The van der Waals surface area contributed by atoms with E-state index in [0.717, 1.165) is 19.3 Å². The molecule has 1 aromatic carbocycles. The van der Waals surface area contributed by atoms with Crippen LogP contribution in [0.5, 0.6) is 5.75 Å². The Kier molecular flexibility index (Phi) is 8.17. The monoisotopic (exact) mass is 511 g/mol. The summed E-state index contributed by atoms with van der Waals surface area (Å²) in [5.74, 6) is 0.460. The lowest BCUT2D eigenvalue weighted by Crippen LogP contribution is -2.34. The van der Waals surface area contributed by atoms with Crippen molar-refractivity contribution < 1.29 is 14.3 Å². The average Bonchev–Trinajstić information content (AvgIpc) is 3.05. The van der Waals surface area contributed by atoms with Crippen LogP contribution in [0, 0.1) is 0 Å². The first-order valence-electron chi connectivity index (χ1n) is 11.8. The number of methoxy groups -OCH3 is 1. The Morgan fingerprint density at radius 3 is 2.81 bits per heavy atom. The molecule has 0 radical (unpaired) electrons. The Bertz CT molecular complexity index is 1260. The quantitative estimate of drug-likeness (QED) is 0.484. The van der Waals surface area contributed by atoms with Crippen LogP contribution in [0.1, 0.15) is 35.7 Å². The highest BCUT2D eigenvalue weighted by Crippen LogP contribution is 2.38. The van der Waals surface area contributed by atoms with Crippen LogP contribution in [-0.2, 0) is 4.79 Å². The number of aromatic nitrogens is 4. The van der Waals surface area contributed by atoms with E-state index in [1.54, 1.807) is 25.3 Å². The van der Waals surface area contributed by atoms with Gasteiger partial charge < -0.3 is 19.1 Å². The van der Waals surface area contributed by atoms with Gasteiger partial charge >= 0.3 is 0 Å². The van der Waals surface area contributed by atoms with Crippen molar-refractivity contribution in [1.82, 2.24) is 29.5 Å². The summed E-state index contributed by atoms with van der Waals surface area (Å²) in [6, 6.07) is 4.99. The van der Waals surface area contributed by atoms with Gasteiger partial charge in [0.2, 0.25) is 11.9 Å². The van der Waals surface area contributed by atoms with Crippen molar-refractivity contribution in [2.24, 2.45) is 0 Å². The highest BCUT2D eigenvalue weighted by molar-refractivity contribution is 6.36. The molecule has 0 aliphatic carbocycles. The Hall–Kier alpha value is -3.50. The number of halogens is 1. The number of nitrogens with one attached hydrogen (secondary N) is 1. The molecule has 0 spiro atoms. The SMILES string of the molecule is COc1ccc2nc(NC(=O)c3ccnnc3)n([C@@H]3CCCCN(C(=O)/C=C/CN(C)C)C3)c2c1Cl. The molecular weight excluding hydrogens is 482 g/mol. The fourth-order valence-corrected chi connectivity index (χ4v) is 4.66. The fraction of sp³-hybridized carbons (Fsp3) is 0.400. The highest BCUT2D eigenvalue weighted by atomic mass is 35.5. The zero-order valence-corrected chi connectivity index (χ0v) is 21.4. The Morgan fingerprint density at radius 2 is 2.08 bits per heavy atom. The van der Waals surface area contributed by atoms with Crippen molar-refractivity contribution in [3.8, 4) is 5.75 Å². The number of hydrogen-bond donors (Lipinski definition) is 1. The first kappa shape index (κ1) is 25.6. The predicted molar refractivity (Wildman–Crippen MR) is 138 cm³/mol. The minimum absolute atomic E-state index is 0.0368. The Labute approximate surface area is 214 Å². The van der Waals surface area contributed by atoms with Crippen molar-refractivity contribution >= 4 is 40.4 Å². The highest BCUT2D eigenvalue weighted by Gasteiger charge is 2.28. The molecule has 2 aromatic heterocycles. The number of imidazole rings is 1. The van der Waals surface area contributed by atoms with Crippen molar-refractivity contribution in [2.45, 2.75) is 25.3 Å². The largest absolute Gasteiger partial charge is 0.495 e. The zero-order valence-electron chi connectivity index (χ0n) is 20.6. The van der Waals surface area contributed by atoms with Gasteiger partial charge in [-0.15, -0.1) is 0 Å². The first-order chi connectivity index (χ1) is 17.4. The molecule has 0 bridgehead atoms. The molecule has 0 saturated carbocycles. The second-order valence-electron chi connectivity index (χ2n) is 8.94. The number of fused-ring (bicyclic) bond motifs is 1. The molecule has 1 aliphatic heterocycles. The maximum Gasteiger partial charge on any atom is 0.259 e. The molecule has 0 unspecified atom stereocenters. The molecule has 3 heterocycles. The van der Waals surface area contributed by atoms with Crippen LogP contribution in [0.25, 0.3) is 11.0 Å². The van der Waals surface area contributed by atoms with E-state index in [1.807, 2.05) is 40.6 Å². The van der Waals surface area contributed by atoms with Crippen LogP contribution in [0.3, 0.4) is 0 Å². The summed E-state index contributed by atoms with van der Waals surface area (Å²) in [5, 5.41) is 10.8. The van der Waals surface area contributed by atoms with Crippen LogP contribution < -0.4 is 10.1 Å². The third kappa shape index (κ3) is 5.66. The lowest BCUT2D eigenvalue weighted by Gasteiger charge is -2.26. The number of likely N-dealkylation sites (tertiary alicyclic amines) is 1. The topological polar surface area (TPSA) is 105 Å². The summed E-state index contributed by atoms with van der Waals surface area (Å²) >= 11 is 6.76.